The van der Waals surface area contributed by atoms with E-state index in [1.54, 1.807) is 7.11 Å². The first-order valence-electron chi connectivity index (χ1n) is 6.85. The predicted octanol–water partition coefficient (Wildman–Crippen LogP) is 1.70. The minimum atomic E-state index is 0.0726. The Morgan fingerprint density at radius 2 is 2.26 bits per heavy atom. The Morgan fingerprint density at radius 1 is 1.47 bits per heavy atom. The number of rotatable bonds is 4. The lowest BCUT2D eigenvalue weighted by Gasteiger charge is -2.28. The minimum absolute atomic E-state index is 0.0726. The summed E-state index contributed by atoms with van der Waals surface area (Å²) in [5, 5.41) is 6.36. The molecule has 104 valence electrons. The summed E-state index contributed by atoms with van der Waals surface area (Å²) in [6.45, 7) is 3.61. The molecule has 2 atom stereocenters. The highest BCUT2D eigenvalue weighted by atomic mass is 16.5. The fourth-order valence-corrected chi connectivity index (χ4v) is 2.56. The summed E-state index contributed by atoms with van der Waals surface area (Å²) in [6.07, 6.45) is 2.03. The number of para-hydroxylation sites is 1. The van der Waals surface area contributed by atoms with Crippen LogP contribution >= 0.6 is 0 Å². The summed E-state index contributed by atoms with van der Waals surface area (Å²) >= 11 is 0. The van der Waals surface area contributed by atoms with E-state index in [4.69, 9.17) is 4.74 Å². The quantitative estimate of drug-likeness (QED) is 0.868. The Labute approximate surface area is 114 Å². The molecule has 1 saturated heterocycles. The molecule has 0 aliphatic carbocycles. The molecular weight excluding hydrogens is 240 g/mol. The molecule has 2 rings (SSSR count). The maximum atomic E-state index is 12.2. The first-order valence-corrected chi connectivity index (χ1v) is 6.85. The topological polar surface area (TPSA) is 50.4 Å². The van der Waals surface area contributed by atoms with Gasteiger partial charge in [0.05, 0.1) is 13.0 Å². The van der Waals surface area contributed by atoms with Crippen molar-refractivity contribution in [2.75, 3.05) is 13.7 Å². The standard InChI is InChI=1S/C15H22N2O2/c1-11-13(7-5-9-16-11)15(18)17-10-12-6-3-4-8-14(12)19-2/h3-4,6,8,11,13,16H,5,7,9-10H2,1-2H3,(H,17,18). The van der Waals surface area contributed by atoms with E-state index in [0.29, 0.717) is 6.54 Å². The van der Waals surface area contributed by atoms with E-state index >= 15 is 0 Å². The summed E-state index contributed by atoms with van der Waals surface area (Å²) in [5.41, 5.74) is 1.01. The molecule has 1 aromatic rings. The second kappa shape index (κ2) is 6.57. The van der Waals surface area contributed by atoms with E-state index in [2.05, 4.69) is 17.6 Å². The Morgan fingerprint density at radius 3 is 3.00 bits per heavy atom. The Balaban J connectivity index is 1.92. The van der Waals surface area contributed by atoms with Crippen LogP contribution in [0.1, 0.15) is 25.3 Å². The highest BCUT2D eigenvalue weighted by Gasteiger charge is 2.27. The van der Waals surface area contributed by atoms with Crippen LogP contribution in [-0.4, -0.2) is 25.6 Å². The van der Waals surface area contributed by atoms with Crippen LogP contribution in [0.5, 0.6) is 5.75 Å². The van der Waals surface area contributed by atoms with Crippen molar-refractivity contribution in [2.24, 2.45) is 5.92 Å². The van der Waals surface area contributed by atoms with E-state index in [-0.39, 0.29) is 17.9 Å². The summed E-state index contributed by atoms with van der Waals surface area (Å²) < 4.78 is 5.28. The van der Waals surface area contributed by atoms with Crippen LogP contribution < -0.4 is 15.4 Å². The van der Waals surface area contributed by atoms with Crippen molar-refractivity contribution in [1.29, 1.82) is 0 Å². The average molecular weight is 262 g/mol. The zero-order valence-electron chi connectivity index (χ0n) is 11.6. The van der Waals surface area contributed by atoms with E-state index < -0.39 is 0 Å². The first kappa shape index (κ1) is 13.9. The molecule has 1 aliphatic heterocycles. The molecule has 1 aliphatic rings. The van der Waals surface area contributed by atoms with Crippen molar-refractivity contribution < 1.29 is 9.53 Å². The highest BCUT2D eigenvalue weighted by Crippen LogP contribution is 2.19. The monoisotopic (exact) mass is 262 g/mol. The number of piperidine rings is 1. The minimum Gasteiger partial charge on any atom is -0.496 e. The van der Waals surface area contributed by atoms with Crippen molar-refractivity contribution in [1.82, 2.24) is 10.6 Å². The van der Waals surface area contributed by atoms with Gasteiger partial charge in [0, 0.05) is 18.2 Å². The fraction of sp³-hybridized carbons (Fsp3) is 0.533. The van der Waals surface area contributed by atoms with Crippen LogP contribution in [0.2, 0.25) is 0 Å². The van der Waals surface area contributed by atoms with Gasteiger partial charge in [-0.1, -0.05) is 18.2 Å². The van der Waals surface area contributed by atoms with Gasteiger partial charge in [-0.05, 0) is 32.4 Å². The van der Waals surface area contributed by atoms with E-state index in [1.165, 1.54) is 0 Å². The van der Waals surface area contributed by atoms with Crippen LogP contribution in [0, 0.1) is 5.92 Å². The molecule has 1 fully saturated rings. The largest absolute Gasteiger partial charge is 0.496 e. The van der Waals surface area contributed by atoms with Crippen LogP contribution in [0.3, 0.4) is 0 Å². The van der Waals surface area contributed by atoms with Crippen molar-refractivity contribution in [3.8, 4) is 5.75 Å². The number of hydrogen-bond donors (Lipinski definition) is 2. The van der Waals surface area contributed by atoms with Gasteiger partial charge < -0.3 is 15.4 Å². The van der Waals surface area contributed by atoms with Crippen molar-refractivity contribution in [3.05, 3.63) is 29.8 Å². The van der Waals surface area contributed by atoms with Gasteiger partial charge in [0.15, 0.2) is 0 Å². The lowest BCUT2D eigenvalue weighted by Crippen LogP contribution is -2.46. The van der Waals surface area contributed by atoms with Gasteiger partial charge in [0.2, 0.25) is 5.91 Å². The Hall–Kier alpha value is -1.55. The van der Waals surface area contributed by atoms with Gasteiger partial charge in [-0.15, -0.1) is 0 Å². The fourth-order valence-electron chi connectivity index (χ4n) is 2.56. The predicted molar refractivity (Wildman–Crippen MR) is 75.0 cm³/mol. The zero-order chi connectivity index (χ0) is 13.7. The maximum Gasteiger partial charge on any atom is 0.224 e. The van der Waals surface area contributed by atoms with Gasteiger partial charge >= 0.3 is 0 Å². The van der Waals surface area contributed by atoms with Crippen molar-refractivity contribution in [3.63, 3.8) is 0 Å². The van der Waals surface area contributed by atoms with Crippen LogP contribution in [0.25, 0.3) is 0 Å². The Bertz CT molecular complexity index is 434. The number of ether oxygens (including phenoxy) is 1. The summed E-state index contributed by atoms with van der Waals surface area (Å²) in [5.74, 6) is 1.02. The molecule has 19 heavy (non-hydrogen) atoms. The normalized spacial score (nSPS) is 22.8. The molecule has 0 aromatic heterocycles. The molecule has 2 N–H and O–H groups in total. The second-order valence-corrected chi connectivity index (χ2v) is 5.02. The van der Waals surface area contributed by atoms with E-state index in [0.717, 1.165) is 30.7 Å². The lowest BCUT2D eigenvalue weighted by atomic mass is 9.91. The molecule has 2 unspecified atom stereocenters. The van der Waals surface area contributed by atoms with Gasteiger partial charge in [0.1, 0.15) is 5.75 Å². The summed E-state index contributed by atoms with van der Waals surface area (Å²) in [7, 11) is 1.65. The molecule has 0 saturated carbocycles. The number of carbonyl (C=O) groups is 1. The summed E-state index contributed by atoms with van der Waals surface area (Å²) in [4.78, 5) is 12.2. The zero-order valence-corrected chi connectivity index (χ0v) is 11.6. The van der Waals surface area contributed by atoms with Crippen molar-refractivity contribution >= 4 is 5.91 Å². The maximum absolute atomic E-state index is 12.2. The van der Waals surface area contributed by atoms with E-state index in [9.17, 15) is 4.79 Å². The SMILES string of the molecule is COc1ccccc1CNC(=O)C1CCCNC1C. The molecule has 4 heteroatoms. The van der Waals surface area contributed by atoms with Gasteiger partial charge in [-0.2, -0.15) is 0 Å². The first-order chi connectivity index (χ1) is 9.22. The number of methoxy groups -OCH3 is 1. The van der Waals surface area contributed by atoms with Gasteiger partial charge in [-0.3, -0.25) is 4.79 Å². The molecule has 1 aromatic carbocycles. The number of benzene rings is 1. The van der Waals surface area contributed by atoms with Crippen LogP contribution in [-0.2, 0) is 11.3 Å². The van der Waals surface area contributed by atoms with Crippen molar-refractivity contribution in [2.45, 2.75) is 32.4 Å². The third kappa shape index (κ3) is 3.47. The summed E-state index contributed by atoms with van der Waals surface area (Å²) in [6, 6.07) is 8.02. The number of carbonyl (C=O) groups excluding carboxylic acids is 1. The molecule has 4 nitrogen and oxygen atoms in total. The van der Waals surface area contributed by atoms with Crippen LogP contribution in [0.4, 0.5) is 0 Å². The van der Waals surface area contributed by atoms with Gasteiger partial charge in [-0.25, -0.2) is 0 Å². The molecular formula is C15H22N2O2. The lowest BCUT2D eigenvalue weighted by molar-refractivity contribution is -0.126. The van der Waals surface area contributed by atoms with Gasteiger partial charge in [0.25, 0.3) is 0 Å². The smallest absolute Gasteiger partial charge is 0.224 e. The highest BCUT2D eigenvalue weighted by molar-refractivity contribution is 5.79. The number of hydrogen-bond acceptors (Lipinski definition) is 3. The second-order valence-electron chi connectivity index (χ2n) is 5.02. The molecule has 1 heterocycles. The molecule has 0 bridgehead atoms. The molecule has 1 amide bonds. The van der Waals surface area contributed by atoms with E-state index in [1.807, 2.05) is 24.3 Å². The Kier molecular flexibility index (Phi) is 4.80. The van der Waals surface area contributed by atoms with Crippen LogP contribution in [0.15, 0.2) is 24.3 Å². The third-order valence-electron chi connectivity index (χ3n) is 3.74. The molecule has 0 spiro atoms. The number of amides is 1. The third-order valence-corrected chi connectivity index (χ3v) is 3.74. The number of nitrogens with one attached hydrogen (secondary N) is 2. The molecule has 0 radical (unpaired) electrons. The average Bonchev–Trinajstić information content (AvgIpc) is 2.45.